The van der Waals surface area contributed by atoms with Crippen LogP contribution >= 0.6 is 0 Å². The molecule has 0 aliphatic rings. The van der Waals surface area contributed by atoms with Gasteiger partial charge in [0.2, 0.25) is 0 Å². The second-order valence-corrected chi connectivity index (χ2v) is 12.8. The summed E-state index contributed by atoms with van der Waals surface area (Å²) in [5.41, 5.74) is 6.16. The summed E-state index contributed by atoms with van der Waals surface area (Å²) in [6.45, 7) is 8.77. The Bertz CT molecular complexity index is 281. The largest absolute Gasteiger partial charge is 0.437 e. The Morgan fingerprint density at radius 2 is 0.947 bits per heavy atom. The van der Waals surface area contributed by atoms with E-state index in [1.807, 2.05) is 0 Å². The molecule has 0 aliphatic heterocycles. The molecule has 0 saturated carbocycles. The van der Waals surface area contributed by atoms with Crippen molar-refractivity contribution in [3.05, 3.63) is 0 Å². The second kappa shape index (κ2) is 9.42. The standard InChI is InChI=1S/C16H30OSi2/c1-7-13-18(11-5,14-8-2)17-19(12-6,15-9-3)16-10-4/h5-6H,7-10,13-16H2,1-4H3. The summed E-state index contributed by atoms with van der Waals surface area (Å²) >= 11 is 0. The molecule has 0 saturated heterocycles. The van der Waals surface area contributed by atoms with E-state index in [2.05, 4.69) is 38.8 Å². The van der Waals surface area contributed by atoms with E-state index < -0.39 is 16.6 Å². The molecule has 0 atom stereocenters. The van der Waals surface area contributed by atoms with Crippen molar-refractivity contribution in [3.63, 3.8) is 0 Å². The zero-order chi connectivity index (χ0) is 14.8. The van der Waals surface area contributed by atoms with Gasteiger partial charge >= 0.3 is 0 Å². The first kappa shape index (κ1) is 18.5. The van der Waals surface area contributed by atoms with Crippen LogP contribution in [0.4, 0.5) is 0 Å². The fourth-order valence-electron chi connectivity index (χ4n) is 2.79. The molecule has 0 rings (SSSR count). The second-order valence-electron chi connectivity index (χ2n) is 5.38. The molecule has 0 bridgehead atoms. The predicted molar refractivity (Wildman–Crippen MR) is 90.7 cm³/mol. The Morgan fingerprint density at radius 1 is 0.684 bits per heavy atom. The summed E-state index contributed by atoms with van der Waals surface area (Å²) in [7, 11) is -4.11. The third kappa shape index (κ3) is 5.57. The van der Waals surface area contributed by atoms with Crippen LogP contribution < -0.4 is 0 Å². The molecule has 0 amide bonds. The first-order valence-electron chi connectivity index (χ1n) is 7.73. The molecule has 0 aliphatic carbocycles. The van der Waals surface area contributed by atoms with Gasteiger partial charge in [0.1, 0.15) is 0 Å². The lowest BCUT2D eigenvalue weighted by atomic mass is 10.6. The topological polar surface area (TPSA) is 9.23 Å². The van der Waals surface area contributed by atoms with Gasteiger partial charge in [-0.3, -0.25) is 0 Å². The van der Waals surface area contributed by atoms with Gasteiger partial charge in [0.15, 0.2) is 0 Å². The van der Waals surface area contributed by atoms with E-state index in [4.69, 9.17) is 17.0 Å². The zero-order valence-electron chi connectivity index (χ0n) is 13.2. The molecule has 0 spiro atoms. The minimum absolute atomic E-state index is 1.06. The van der Waals surface area contributed by atoms with Gasteiger partial charge in [0.25, 0.3) is 16.6 Å². The van der Waals surface area contributed by atoms with E-state index in [1.54, 1.807) is 0 Å². The Balaban J connectivity index is 5.23. The number of terminal acetylenes is 2. The predicted octanol–water partition coefficient (Wildman–Crippen LogP) is 4.88. The molecule has 0 fully saturated rings. The normalized spacial score (nSPS) is 11.9. The maximum absolute atomic E-state index is 6.69. The highest BCUT2D eigenvalue weighted by atomic mass is 28.4. The highest BCUT2D eigenvalue weighted by Crippen LogP contribution is 2.30. The van der Waals surface area contributed by atoms with Gasteiger partial charge in [-0.1, -0.05) is 53.4 Å². The molecule has 0 aromatic carbocycles. The summed E-state index contributed by atoms with van der Waals surface area (Å²) in [5.74, 6) is 0. The quantitative estimate of drug-likeness (QED) is 0.412. The van der Waals surface area contributed by atoms with Gasteiger partial charge in [0.05, 0.1) is 0 Å². The van der Waals surface area contributed by atoms with E-state index in [9.17, 15) is 0 Å². The zero-order valence-corrected chi connectivity index (χ0v) is 15.2. The summed E-state index contributed by atoms with van der Waals surface area (Å²) in [6.07, 6.45) is 16.2. The number of hydrogen-bond donors (Lipinski definition) is 0. The van der Waals surface area contributed by atoms with Crippen molar-refractivity contribution < 1.29 is 4.12 Å². The highest BCUT2D eigenvalue weighted by molar-refractivity contribution is 6.94. The fourth-order valence-corrected chi connectivity index (χ4v) is 12.2. The molecule has 1 nitrogen and oxygen atoms in total. The molecule has 0 unspecified atom stereocenters. The minimum Gasteiger partial charge on any atom is -0.437 e. The van der Waals surface area contributed by atoms with Crippen LogP contribution in [0, 0.1) is 23.9 Å². The van der Waals surface area contributed by atoms with E-state index in [1.165, 1.54) is 0 Å². The summed E-state index contributed by atoms with van der Waals surface area (Å²) in [5, 5.41) is 0. The van der Waals surface area contributed by atoms with Crippen LogP contribution in [-0.4, -0.2) is 16.6 Å². The van der Waals surface area contributed by atoms with Gasteiger partial charge in [0, 0.05) is 0 Å². The van der Waals surface area contributed by atoms with Crippen LogP contribution in [0.5, 0.6) is 0 Å². The fraction of sp³-hybridized carbons (Fsp3) is 0.750. The molecule has 108 valence electrons. The Morgan fingerprint density at radius 3 is 1.11 bits per heavy atom. The van der Waals surface area contributed by atoms with Crippen LogP contribution in [0.15, 0.2) is 0 Å². The van der Waals surface area contributed by atoms with Crippen LogP contribution in [0.3, 0.4) is 0 Å². The highest BCUT2D eigenvalue weighted by Gasteiger charge is 2.42. The van der Waals surface area contributed by atoms with Gasteiger partial charge in [-0.2, -0.15) is 0 Å². The molecule has 0 aromatic heterocycles. The van der Waals surface area contributed by atoms with Crippen molar-refractivity contribution in [2.24, 2.45) is 0 Å². The van der Waals surface area contributed by atoms with Gasteiger partial charge in [-0.05, 0) is 24.2 Å². The van der Waals surface area contributed by atoms with Crippen LogP contribution in [0.2, 0.25) is 24.2 Å². The maximum Gasteiger partial charge on any atom is 0.262 e. The van der Waals surface area contributed by atoms with Crippen molar-refractivity contribution in [1.29, 1.82) is 0 Å². The van der Waals surface area contributed by atoms with Crippen molar-refractivity contribution in [2.45, 2.75) is 77.6 Å². The number of rotatable bonds is 10. The van der Waals surface area contributed by atoms with Crippen LogP contribution in [-0.2, 0) is 4.12 Å². The van der Waals surface area contributed by atoms with Gasteiger partial charge in [-0.15, -0.1) is 23.9 Å². The summed E-state index contributed by atoms with van der Waals surface area (Å²) < 4.78 is 6.69. The average molecular weight is 295 g/mol. The first-order chi connectivity index (χ1) is 9.07. The lowest BCUT2D eigenvalue weighted by molar-refractivity contribution is 0.527. The molecular weight excluding hydrogens is 264 g/mol. The van der Waals surface area contributed by atoms with Crippen molar-refractivity contribution in [2.75, 3.05) is 0 Å². The maximum atomic E-state index is 6.69. The lowest BCUT2D eigenvalue weighted by Crippen LogP contribution is -2.50. The van der Waals surface area contributed by atoms with E-state index in [0.29, 0.717) is 0 Å². The van der Waals surface area contributed by atoms with Crippen LogP contribution in [0.25, 0.3) is 0 Å². The van der Waals surface area contributed by atoms with Crippen molar-refractivity contribution in [3.8, 4) is 23.9 Å². The third-order valence-corrected chi connectivity index (χ3v) is 12.9. The first-order valence-corrected chi connectivity index (χ1v) is 12.4. The van der Waals surface area contributed by atoms with Crippen molar-refractivity contribution >= 4 is 16.6 Å². The molecule has 3 heteroatoms. The monoisotopic (exact) mass is 294 g/mol. The molecule has 0 heterocycles. The smallest absolute Gasteiger partial charge is 0.262 e. The SMILES string of the molecule is C#C[Si](CCC)(CCC)O[Si](C#C)(CCC)CCC. The molecule has 0 aromatic rings. The van der Waals surface area contributed by atoms with E-state index >= 15 is 0 Å². The lowest BCUT2D eigenvalue weighted by Gasteiger charge is -2.36. The number of hydrogen-bond acceptors (Lipinski definition) is 1. The summed E-state index contributed by atoms with van der Waals surface area (Å²) in [4.78, 5) is 0. The molecule has 19 heavy (non-hydrogen) atoms. The van der Waals surface area contributed by atoms with E-state index in [0.717, 1.165) is 49.9 Å². The Hall–Kier alpha value is -0.486. The third-order valence-electron chi connectivity index (χ3n) is 3.53. The summed E-state index contributed by atoms with van der Waals surface area (Å²) in [6, 6.07) is 4.23. The Labute approximate surface area is 122 Å². The minimum atomic E-state index is -2.05. The van der Waals surface area contributed by atoms with E-state index in [-0.39, 0.29) is 0 Å². The molecule has 0 N–H and O–H groups in total. The van der Waals surface area contributed by atoms with Gasteiger partial charge in [-0.25, -0.2) is 0 Å². The van der Waals surface area contributed by atoms with Crippen molar-refractivity contribution in [1.82, 2.24) is 0 Å². The average Bonchev–Trinajstić information content (AvgIpc) is 2.39. The molecule has 0 radical (unpaired) electrons. The van der Waals surface area contributed by atoms with Gasteiger partial charge < -0.3 is 4.12 Å². The Kier molecular flexibility index (Phi) is 9.18. The molecular formula is C16H30OSi2. The van der Waals surface area contributed by atoms with Crippen LogP contribution in [0.1, 0.15) is 53.4 Å².